The van der Waals surface area contributed by atoms with Crippen molar-refractivity contribution in [2.45, 2.75) is 19.3 Å². The minimum atomic E-state index is 0.364. The molecule has 1 unspecified atom stereocenters. The highest BCUT2D eigenvalue weighted by Crippen LogP contribution is 2.26. The smallest absolute Gasteiger partial charge is 0.194 e. The molecule has 0 bridgehead atoms. The molecule has 0 spiro atoms. The van der Waals surface area contributed by atoms with Crippen LogP contribution >= 0.6 is 11.8 Å². The van der Waals surface area contributed by atoms with Gasteiger partial charge < -0.3 is 9.21 Å². The summed E-state index contributed by atoms with van der Waals surface area (Å²) in [5.41, 5.74) is 0.751. The van der Waals surface area contributed by atoms with Crippen LogP contribution < -0.4 is 0 Å². The largest absolute Gasteiger partial charge is 0.449 e. The quantitative estimate of drug-likeness (QED) is 0.711. The van der Waals surface area contributed by atoms with E-state index in [4.69, 9.17) is 4.42 Å². The van der Waals surface area contributed by atoms with Crippen molar-refractivity contribution in [3.63, 3.8) is 0 Å². The minimum absolute atomic E-state index is 0.364. The van der Waals surface area contributed by atoms with E-state index in [-0.39, 0.29) is 0 Å². The third-order valence-corrected chi connectivity index (χ3v) is 3.61. The van der Waals surface area contributed by atoms with Gasteiger partial charge in [-0.2, -0.15) is 11.8 Å². The van der Waals surface area contributed by atoms with E-state index in [2.05, 4.69) is 4.98 Å². The highest BCUT2D eigenvalue weighted by Gasteiger charge is 2.18. The molecule has 0 N–H and O–H groups in total. The molecule has 0 aliphatic carbocycles. The van der Waals surface area contributed by atoms with Crippen LogP contribution in [-0.2, 0) is 17.6 Å². The van der Waals surface area contributed by atoms with Crippen molar-refractivity contribution >= 4 is 18.0 Å². The summed E-state index contributed by atoms with van der Waals surface area (Å²) in [5.74, 6) is 3.97. The zero-order chi connectivity index (χ0) is 9.80. The first-order valence-electron chi connectivity index (χ1n) is 4.83. The van der Waals surface area contributed by atoms with Gasteiger partial charge in [0.05, 0.1) is 5.69 Å². The molecule has 4 heteroatoms. The standard InChI is InChI=1S/C10H13NO2S/c12-3-1-9-6-13-10(11-9)5-8-2-4-14-7-8/h3,6,8H,1-2,4-5,7H2. The molecule has 1 aromatic heterocycles. The fourth-order valence-electron chi connectivity index (χ4n) is 1.61. The molecule has 3 nitrogen and oxygen atoms in total. The van der Waals surface area contributed by atoms with Crippen LogP contribution in [-0.4, -0.2) is 22.8 Å². The summed E-state index contributed by atoms with van der Waals surface area (Å²) in [6.45, 7) is 0. The van der Waals surface area contributed by atoms with E-state index in [1.807, 2.05) is 11.8 Å². The third kappa shape index (κ3) is 2.38. The van der Waals surface area contributed by atoms with Crippen LogP contribution in [0.1, 0.15) is 18.0 Å². The van der Waals surface area contributed by atoms with Gasteiger partial charge >= 0.3 is 0 Å². The van der Waals surface area contributed by atoms with Crippen LogP contribution in [0.5, 0.6) is 0 Å². The molecule has 0 aromatic carbocycles. The number of hydrogen-bond acceptors (Lipinski definition) is 4. The van der Waals surface area contributed by atoms with E-state index in [1.165, 1.54) is 17.9 Å². The van der Waals surface area contributed by atoms with Crippen molar-refractivity contribution in [2.24, 2.45) is 5.92 Å². The van der Waals surface area contributed by atoms with Crippen molar-refractivity contribution in [3.8, 4) is 0 Å². The maximum Gasteiger partial charge on any atom is 0.194 e. The molecule has 0 radical (unpaired) electrons. The molecule has 2 rings (SSSR count). The molecule has 0 amide bonds. The predicted octanol–water partition coefficient (Wildman–Crippen LogP) is 1.71. The molecule has 1 aliphatic rings. The number of oxazole rings is 1. The molecule has 14 heavy (non-hydrogen) atoms. The molecule has 1 atom stereocenters. The first-order chi connectivity index (χ1) is 6.88. The molecular formula is C10H13NO2S. The van der Waals surface area contributed by atoms with Gasteiger partial charge in [0.2, 0.25) is 0 Å². The second-order valence-electron chi connectivity index (χ2n) is 3.54. The summed E-state index contributed by atoms with van der Waals surface area (Å²) in [7, 11) is 0. The lowest BCUT2D eigenvalue weighted by Gasteiger charge is -2.02. The number of hydrogen-bond donors (Lipinski definition) is 0. The van der Waals surface area contributed by atoms with Crippen LogP contribution in [0.3, 0.4) is 0 Å². The van der Waals surface area contributed by atoms with Gasteiger partial charge in [0.15, 0.2) is 5.89 Å². The van der Waals surface area contributed by atoms with Crippen molar-refractivity contribution in [1.82, 2.24) is 4.98 Å². The Labute approximate surface area is 87.3 Å². The van der Waals surface area contributed by atoms with E-state index >= 15 is 0 Å². The van der Waals surface area contributed by atoms with Gasteiger partial charge in [-0.3, -0.25) is 0 Å². The average molecular weight is 211 g/mol. The monoisotopic (exact) mass is 211 g/mol. The molecular weight excluding hydrogens is 198 g/mol. The lowest BCUT2D eigenvalue weighted by Crippen LogP contribution is -2.02. The van der Waals surface area contributed by atoms with Gasteiger partial charge in [-0.25, -0.2) is 4.98 Å². The number of nitrogens with zero attached hydrogens (tertiary/aromatic N) is 1. The normalized spacial score (nSPS) is 21.3. The summed E-state index contributed by atoms with van der Waals surface area (Å²) in [4.78, 5) is 14.5. The Hall–Kier alpha value is -0.770. The Balaban J connectivity index is 1.91. The first-order valence-corrected chi connectivity index (χ1v) is 5.98. The minimum Gasteiger partial charge on any atom is -0.449 e. The summed E-state index contributed by atoms with van der Waals surface area (Å²) < 4.78 is 5.30. The summed E-state index contributed by atoms with van der Waals surface area (Å²) >= 11 is 1.99. The van der Waals surface area contributed by atoms with E-state index in [0.29, 0.717) is 12.3 Å². The van der Waals surface area contributed by atoms with Gasteiger partial charge in [-0.05, 0) is 23.8 Å². The molecule has 1 saturated heterocycles. The zero-order valence-electron chi connectivity index (χ0n) is 7.94. The van der Waals surface area contributed by atoms with Crippen molar-refractivity contribution < 1.29 is 9.21 Å². The Morgan fingerprint density at radius 1 is 1.71 bits per heavy atom. The number of thioether (sulfide) groups is 1. The third-order valence-electron chi connectivity index (χ3n) is 2.38. The van der Waals surface area contributed by atoms with Crippen LogP contribution in [0.25, 0.3) is 0 Å². The molecule has 1 aliphatic heterocycles. The number of carbonyl (C=O) groups excluding carboxylic acids is 1. The van der Waals surface area contributed by atoms with Crippen molar-refractivity contribution in [3.05, 3.63) is 17.8 Å². The predicted molar refractivity (Wildman–Crippen MR) is 55.4 cm³/mol. The average Bonchev–Trinajstić information content (AvgIpc) is 2.79. The first kappa shape index (κ1) is 9.77. The summed E-state index contributed by atoms with van der Waals surface area (Å²) in [6.07, 6.45) is 4.99. The van der Waals surface area contributed by atoms with Crippen molar-refractivity contribution in [2.75, 3.05) is 11.5 Å². The van der Waals surface area contributed by atoms with E-state index in [1.54, 1.807) is 6.26 Å². The fraction of sp³-hybridized carbons (Fsp3) is 0.600. The molecule has 2 heterocycles. The molecule has 0 saturated carbocycles. The Kier molecular flexibility index (Phi) is 3.24. The Morgan fingerprint density at radius 3 is 3.36 bits per heavy atom. The number of carbonyl (C=O) groups is 1. The molecule has 76 valence electrons. The number of aldehydes is 1. The van der Waals surface area contributed by atoms with E-state index in [0.717, 1.165) is 24.3 Å². The second kappa shape index (κ2) is 4.64. The van der Waals surface area contributed by atoms with E-state index in [9.17, 15) is 4.79 Å². The maximum atomic E-state index is 10.2. The Morgan fingerprint density at radius 2 is 2.64 bits per heavy atom. The fourth-order valence-corrected chi connectivity index (χ4v) is 2.90. The maximum absolute atomic E-state index is 10.2. The van der Waals surface area contributed by atoms with Crippen LogP contribution in [0.15, 0.2) is 10.7 Å². The van der Waals surface area contributed by atoms with Gasteiger partial charge in [0, 0.05) is 12.8 Å². The summed E-state index contributed by atoms with van der Waals surface area (Å²) in [5, 5.41) is 0. The number of rotatable bonds is 4. The van der Waals surface area contributed by atoms with Gasteiger partial charge in [-0.1, -0.05) is 0 Å². The number of aromatic nitrogens is 1. The highest BCUT2D eigenvalue weighted by molar-refractivity contribution is 7.99. The van der Waals surface area contributed by atoms with Gasteiger partial charge in [0.25, 0.3) is 0 Å². The van der Waals surface area contributed by atoms with Crippen LogP contribution in [0.2, 0.25) is 0 Å². The molecule has 1 fully saturated rings. The lowest BCUT2D eigenvalue weighted by atomic mass is 10.1. The van der Waals surface area contributed by atoms with Gasteiger partial charge in [-0.15, -0.1) is 0 Å². The molecule has 1 aromatic rings. The summed E-state index contributed by atoms with van der Waals surface area (Å²) in [6, 6.07) is 0. The topological polar surface area (TPSA) is 43.1 Å². The zero-order valence-corrected chi connectivity index (χ0v) is 8.76. The SMILES string of the molecule is O=CCc1coc(CC2CCSC2)n1. The van der Waals surface area contributed by atoms with Crippen LogP contribution in [0, 0.1) is 5.92 Å². The lowest BCUT2D eigenvalue weighted by molar-refractivity contribution is -0.107. The van der Waals surface area contributed by atoms with E-state index < -0.39 is 0 Å². The van der Waals surface area contributed by atoms with Crippen molar-refractivity contribution in [1.29, 1.82) is 0 Å². The Bertz CT molecular complexity index is 305. The highest BCUT2D eigenvalue weighted by atomic mass is 32.2. The van der Waals surface area contributed by atoms with Gasteiger partial charge in [0.1, 0.15) is 12.5 Å². The van der Waals surface area contributed by atoms with Crippen LogP contribution in [0.4, 0.5) is 0 Å². The second-order valence-corrected chi connectivity index (χ2v) is 4.69.